The number of hydrogen-bond donors (Lipinski definition) is 0. The van der Waals surface area contributed by atoms with E-state index in [1.54, 1.807) is 0 Å². The van der Waals surface area contributed by atoms with Crippen LogP contribution in [0.3, 0.4) is 0 Å². The maximum Gasteiger partial charge on any atom is 0.565 e. The van der Waals surface area contributed by atoms with E-state index < -0.39 is 5.79 Å². The molecule has 8 rings (SSSR count). The summed E-state index contributed by atoms with van der Waals surface area (Å²) in [5.74, 6) is -0.608. The van der Waals surface area contributed by atoms with E-state index in [1.165, 1.54) is 50.5 Å². The Morgan fingerprint density at radius 2 is 0.725 bits per heavy atom. The molecule has 0 aliphatic carbocycles. The molecule has 0 fully saturated rings. The number of fused-ring (bicyclic) bond motifs is 12. The molecule has 40 heavy (non-hydrogen) atoms. The van der Waals surface area contributed by atoms with Crippen LogP contribution in [0.15, 0.2) is 146 Å². The van der Waals surface area contributed by atoms with Crippen LogP contribution in [0.2, 0.25) is 0 Å². The van der Waals surface area contributed by atoms with Crippen molar-refractivity contribution in [3.8, 4) is 33.8 Å². The van der Waals surface area contributed by atoms with E-state index in [9.17, 15) is 0 Å². The van der Waals surface area contributed by atoms with E-state index in [-0.39, 0.29) is 0 Å². The smallest absolute Gasteiger partial charge is 0.0718 e. The zero-order valence-electron chi connectivity index (χ0n) is 22.3. The van der Waals surface area contributed by atoms with Gasteiger partial charge in [0.15, 0.2) is 25.0 Å². The first-order valence-electron chi connectivity index (χ1n) is 14.1. The number of aromatic nitrogens is 3. The molecule has 6 aromatic rings. The molecule has 0 bridgehead atoms. The van der Waals surface area contributed by atoms with E-state index >= 15 is 0 Å². The highest BCUT2D eigenvalue weighted by molar-refractivity contribution is 5.65. The van der Waals surface area contributed by atoms with Gasteiger partial charge in [-0.15, -0.1) is 0 Å². The number of rotatable bonds is 0. The first-order chi connectivity index (χ1) is 19.8. The molecule has 0 radical (unpaired) electrons. The fraction of sp³-hybridized carbons (Fsp3) is 0.108. The Kier molecular flexibility index (Phi) is 5.24. The summed E-state index contributed by atoms with van der Waals surface area (Å²) in [5, 5.41) is 0. The lowest BCUT2D eigenvalue weighted by Crippen LogP contribution is -2.89. The predicted octanol–water partition coefficient (Wildman–Crippen LogP) is 5.91. The summed E-state index contributed by atoms with van der Waals surface area (Å²) in [6.45, 7) is 0. The maximum absolute atomic E-state index is 2.52. The molecule has 0 N–H and O–H groups in total. The molecule has 5 heterocycles. The van der Waals surface area contributed by atoms with Crippen LogP contribution in [-0.2, 0) is 25.0 Å². The van der Waals surface area contributed by atoms with Crippen molar-refractivity contribution in [2.24, 2.45) is 0 Å². The summed E-state index contributed by atoms with van der Waals surface area (Å²) >= 11 is 0. The van der Waals surface area contributed by atoms with Crippen molar-refractivity contribution in [3.63, 3.8) is 0 Å². The second-order valence-electron chi connectivity index (χ2n) is 10.8. The third-order valence-corrected chi connectivity index (χ3v) is 8.71. The number of benzene rings is 3. The van der Waals surface area contributed by atoms with Crippen molar-refractivity contribution in [2.45, 2.75) is 25.0 Å². The zero-order valence-corrected chi connectivity index (χ0v) is 22.3. The SMILES string of the molecule is c1ccc2c(c1)CCc1ccccc1-c1cccc[n+]1C1(Cc3ccccc3-c3cccc[n+]31)[n+]1ccccc1-2. The molecule has 2 aliphatic heterocycles. The van der Waals surface area contributed by atoms with Crippen molar-refractivity contribution < 1.29 is 13.7 Å². The average molecular weight is 517 g/mol. The van der Waals surface area contributed by atoms with E-state index in [0.29, 0.717) is 0 Å². The summed E-state index contributed by atoms with van der Waals surface area (Å²) in [6.07, 6.45) is 9.58. The monoisotopic (exact) mass is 516 g/mol. The quantitative estimate of drug-likeness (QED) is 0.223. The summed E-state index contributed by atoms with van der Waals surface area (Å²) in [5.41, 5.74) is 11.6. The standard InChI is InChI=1S/C37H30N3/c1-4-16-31-28(13-1)22-23-29-14-2-5-17-32(29)35-20-8-11-25-39(35)37(38-24-10-7-19-34(31)38)27-30-15-3-6-18-33(30)36-21-9-12-26-40(36)37/h1-21,24-26H,22-23,27H2/q+3. The van der Waals surface area contributed by atoms with Crippen LogP contribution in [0.5, 0.6) is 0 Å². The lowest BCUT2D eigenvalue weighted by atomic mass is 9.91. The molecular formula is C37H30N3+3. The second kappa shape index (κ2) is 9.10. The highest BCUT2D eigenvalue weighted by Gasteiger charge is 2.65. The topological polar surface area (TPSA) is 11.6 Å². The van der Waals surface area contributed by atoms with Gasteiger partial charge in [-0.05, 0) is 65.9 Å². The van der Waals surface area contributed by atoms with E-state index in [4.69, 9.17) is 0 Å². The van der Waals surface area contributed by atoms with Gasteiger partial charge in [-0.1, -0.05) is 68.3 Å². The van der Waals surface area contributed by atoms with Crippen LogP contribution in [0.1, 0.15) is 16.7 Å². The second-order valence-corrected chi connectivity index (χ2v) is 10.8. The van der Waals surface area contributed by atoms with Gasteiger partial charge < -0.3 is 0 Å². The van der Waals surface area contributed by atoms with Crippen LogP contribution >= 0.6 is 0 Å². The van der Waals surface area contributed by atoms with Crippen LogP contribution in [-0.4, -0.2) is 0 Å². The molecule has 1 spiro atoms. The fourth-order valence-electron chi connectivity index (χ4n) is 6.95. The average Bonchev–Trinajstić information content (AvgIpc) is 3.05. The first kappa shape index (κ1) is 23.0. The third kappa shape index (κ3) is 3.34. The Morgan fingerprint density at radius 1 is 0.375 bits per heavy atom. The molecule has 2 aliphatic rings. The van der Waals surface area contributed by atoms with Crippen LogP contribution < -0.4 is 13.7 Å². The molecule has 0 saturated heterocycles. The molecule has 190 valence electrons. The normalized spacial score (nSPS) is 14.4. The Hall–Kier alpha value is -4.89. The molecule has 0 unspecified atom stereocenters. The molecule has 3 aromatic heterocycles. The van der Waals surface area contributed by atoms with E-state index in [0.717, 1.165) is 19.3 Å². The molecule has 3 aromatic carbocycles. The lowest BCUT2D eigenvalue weighted by molar-refractivity contribution is -1.16. The third-order valence-electron chi connectivity index (χ3n) is 8.71. The van der Waals surface area contributed by atoms with Gasteiger partial charge in [-0.25, -0.2) is 0 Å². The summed E-state index contributed by atoms with van der Waals surface area (Å²) in [7, 11) is 0. The van der Waals surface area contributed by atoms with Gasteiger partial charge in [0.2, 0.25) is 17.1 Å². The van der Waals surface area contributed by atoms with Crippen molar-refractivity contribution in [1.82, 2.24) is 0 Å². The first-order valence-corrected chi connectivity index (χ1v) is 14.1. The Labute approximate surface area is 234 Å². The molecule has 0 amide bonds. The number of pyridine rings is 3. The van der Waals surface area contributed by atoms with Gasteiger partial charge in [0.25, 0.3) is 0 Å². The van der Waals surface area contributed by atoms with Crippen molar-refractivity contribution in [2.75, 3.05) is 0 Å². The van der Waals surface area contributed by atoms with Crippen LogP contribution in [0.25, 0.3) is 33.8 Å². The molecule has 3 nitrogen and oxygen atoms in total. The Balaban J connectivity index is 1.58. The van der Waals surface area contributed by atoms with Crippen LogP contribution in [0.4, 0.5) is 0 Å². The Morgan fingerprint density at radius 3 is 1.18 bits per heavy atom. The molecule has 3 heteroatoms. The van der Waals surface area contributed by atoms with Crippen molar-refractivity contribution in [3.05, 3.63) is 163 Å². The predicted molar refractivity (Wildman–Crippen MR) is 156 cm³/mol. The summed E-state index contributed by atoms with van der Waals surface area (Å²) in [6, 6.07) is 46.7. The van der Waals surface area contributed by atoms with Gasteiger partial charge in [-0.2, -0.15) is 0 Å². The molecule has 0 saturated carbocycles. The van der Waals surface area contributed by atoms with E-state index in [2.05, 4.69) is 160 Å². The molecule has 0 atom stereocenters. The number of aryl methyl sites for hydroxylation is 2. The van der Waals surface area contributed by atoms with Gasteiger partial charge in [0.05, 0.1) is 5.56 Å². The zero-order chi connectivity index (χ0) is 26.5. The van der Waals surface area contributed by atoms with Gasteiger partial charge in [-0.3, -0.25) is 0 Å². The fourth-order valence-corrected chi connectivity index (χ4v) is 6.95. The Bertz CT molecular complexity index is 1810. The van der Waals surface area contributed by atoms with E-state index in [1.807, 2.05) is 0 Å². The highest BCUT2D eigenvalue weighted by atomic mass is 15.4. The van der Waals surface area contributed by atoms with Gasteiger partial charge in [0, 0.05) is 47.5 Å². The summed E-state index contributed by atoms with van der Waals surface area (Å²) < 4.78 is 7.52. The minimum atomic E-state index is -0.608. The minimum Gasteiger partial charge on any atom is -0.0718 e. The maximum atomic E-state index is 2.52. The van der Waals surface area contributed by atoms with Crippen molar-refractivity contribution >= 4 is 0 Å². The number of hydrogen-bond acceptors (Lipinski definition) is 0. The molecular weight excluding hydrogens is 486 g/mol. The summed E-state index contributed by atoms with van der Waals surface area (Å²) in [4.78, 5) is 0. The van der Waals surface area contributed by atoms with Crippen LogP contribution in [0, 0.1) is 0 Å². The van der Waals surface area contributed by atoms with Crippen molar-refractivity contribution in [1.29, 1.82) is 0 Å². The van der Waals surface area contributed by atoms with Gasteiger partial charge in [0.1, 0.15) is 0 Å². The van der Waals surface area contributed by atoms with Gasteiger partial charge >= 0.3 is 5.79 Å². The lowest BCUT2D eigenvalue weighted by Gasteiger charge is -2.27. The minimum absolute atomic E-state index is 0.608. The highest BCUT2D eigenvalue weighted by Crippen LogP contribution is 2.34. The largest absolute Gasteiger partial charge is 0.565 e. The number of nitrogens with zero attached hydrogens (tertiary/aromatic N) is 3.